The van der Waals surface area contributed by atoms with Gasteiger partial charge in [-0.15, -0.1) is 0 Å². The van der Waals surface area contributed by atoms with Crippen molar-refractivity contribution in [2.45, 2.75) is 25.8 Å². The largest absolute Gasteiger partial charge is 0.544 e. The molecule has 7 heteroatoms. The van der Waals surface area contributed by atoms with Crippen molar-refractivity contribution >= 4 is 51.2 Å². The van der Waals surface area contributed by atoms with Crippen molar-refractivity contribution < 1.29 is 25.5 Å². The second-order valence-corrected chi connectivity index (χ2v) is 7.68. The summed E-state index contributed by atoms with van der Waals surface area (Å²) in [5.41, 5.74) is 5.29. The van der Waals surface area contributed by atoms with Crippen molar-refractivity contribution in [3.8, 4) is 17.2 Å². The lowest BCUT2D eigenvalue weighted by Gasteiger charge is -2.14. The minimum absolute atomic E-state index is 0.258. The van der Waals surface area contributed by atoms with Crippen LogP contribution < -0.4 is 15.6 Å². The zero-order chi connectivity index (χ0) is 17.9. The van der Waals surface area contributed by atoms with Crippen LogP contribution in [0.4, 0.5) is 0 Å². The summed E-state index contributed by atoms with van der Waals surface area (Å²) in [6, 6.07) is 8.15. The first-order valence-electron chi connectivity index (χ1n) is 7.33. The van der Waals surface area contributed by atoms with E-state index in [2.05, 4.69) is 50.9 Å². The van der Waals surface area contributed by atoms with Crippen LogP contribution in [0.15, 0.2) is 30.3 Å². The van der Waals surface area contributed by atoms with Gasteiger partial charge in [-0.25, -0.2) is 0 Å². The number of carboxylic acids is 1. The molecule has 0 heterocycles. The first-order valence-corrected chi connectivity index (χ1v) is 9.49. The molecular formula is C17H17I2NO4. The molecule has 1 atom stereocenters. The minimum atomic E-state index is -1.16. The number of hydrogen-bond donors (Lipinski definition) is 2. The first kappa shape index (κ1) is 19.3. The van der Waals surface area contributed by atoms with E-state index in [0.717, 1.165) is 18.3 Å². The van der Waals surface area contributed by atoms with Crippen molar-refractivity contribution in [1.82, 2.24) is 0 Å². The summed E-state index contributed by atoms with van der Waals surface area (Å²) < 4.78 is 7.74. The van der Waals surface area contributed by atoms with Gasteiger partial charge in [0, 0.05) is 6.42 Å². The highest BCUT2D eigenvalue weighted by Gasteiger charge is 2.14. The Morgan fingerprint density at radius 2 is 1.92 bits per heavy atom. The van der Waals surface area contributed by atoms with Crippen molar-refractivity contribution in [2.75, 3.05) is 0 Å². The molecule has 2 rings (SSSR count). The van der Waals surface area contributed by atoms with Gasteiger partial charge in [0.15, 0.2) is 5.75 Å². The number of benzene rings is 2. The average molecular weight is 553 g/mol. The lowest BCUT2D eigenvalue weighted by molar-refractivity contribution is -0.437. The van der Waals surface area contributed by atoms with Crippen molar-refractivity contribution in [2.24, 2.45) is 0 Å². The molecule has 2 aromatic rings. The molecule has 0 aromatic heterocycles. The number of rotatable bonds is 6. The Kier molecular flexibility index (Phi) is 6.70. The maximum atomic E-state index is 10.8. The number of halogens is 2. The Balaban J connectivity index is 2.27. The third-order valence-electron chi connectivity index (χ3n) is 3.53. The molecule has 0 saturated heterocycles. The Morgan fingerprint density at radius 1 is 1.29 bits per heavy atom. The second kappa shape index (κ2) is 8.34. The van der Waals surface area contributed by atoms with Gasteiger partial charge < -0.3 is 25.5 Å². The quantitative estimate of drug-likeness (QED) is 0.535. The zero-order valence-corrected chi connectivity index (χ0v) is 17.3. The van der Waals surface area contributed by atoms with E-state index in [4.69, 9.17) is 4.74 Å². The summed E-state index contributed by atoms with van der Waals surface area (Å²) in [4.78, 5) is 10.8. The molecular weight excluding hydrogens is 536 g/mol. The Bertz CT molecular complexity index is 741. The van der Waals surface area contributed by atoms with Crippen LogP contribution in [0.2, 0.25) is 0 Å². The number of carboxylic acid groups (broad SMARTS) is 1. The lowest BCUT2D eigenvalue weighted by atomic mass is 10.1. The van der Waals surface area contributed by atoms with Crippen LogP contribution in [0.1, 0.15) is 18.1 Å². The van der Waals surface area contributed by atoms with Gasteiger partial charge in [-0.1, -0.05) is 6.92 Å². The molecule has 0 aliphatic heterocycles. The summed E-state index contributed by atoms with van der Waals surface area (Å²) in [6.07, 6.45) is 1.03. The molecule has 0 saturated carbocycles. The maximum Gasteiger partial charge on any atom is 0.154 e. The van der Waals surface area contributed by atoms with Crippen molar-refractivity contribution in [1.29, 1.82) is 0 Å². The Labute approximate surface area is 167 Å². The number of carbonyl (C=O) groups excluding carboxylic acids is 1. The summed E-state index contributed by atoms with van der Waals surface area (Å²) >= 11 is 4.33. The van der Waals surface area contributed by atoms with Gasteiger partial charge in [0.05, 0.1) is 13.1 Å². The number of phenols is 1. The third kappa shape index (κ3) is 4.73. The molecule has 0 aliphatic carbocycles. The standard InChI is InChI=1S/C17H17I2NO4/c1-2-10-8-11(3-4-15(10)21)24-16-12(18)5-9(6-13(16)19)7-14(20)17(22)23/h3-6,8,14,21H,2,7,20H2,1H3,(H,22,23). The third-order valence-corrected chi connectivity index (χ3v) is 5.13. The van der Waals surface area contributed by atoms with Gasteiger partial charge in [0.2, 0.25) is 0 Å². The summed E-state index contributed by atoms with van der Waals surface area (Å²) in [7, 11) is 0. The van der Waals surface area contributed by atoms with Crippen LogP contribution >= 0.6 is 45.2 Å². The van der Waals surface area contributed by atoms with Gasteiger partial charge in [0.25, 0.3) is 0 Å². The van der Waals surface area contributed by atoms with E-state index in [0.29, 0.717) is 24.3 Å². The van der Waals surface area contributed by atoms with Gasteiger partial charge in [0.1, 0.15) is 17.5 Å². The van der Waals surface area contributed by atoms with E-state index in [-0.39, 0.29) is 5.75 Å². The molecule has 4 N–H and O–H groups in total. The molecule has 5 nitrogen and oxygen atoms in total. The van der Waals surface area contributed by atoms with Crippen LogP contribution in [-0.4, -0.2) is 17.1 Å². The highest BCUT2D eigenvalue weighted by atomic mass is 127. The van der Waals surface area contributed by atoms with E-state index in [1.54, 1.807) is 12.1 Å². The van der Waals surface area contributed by atoms with Gasteiger partial charge in [-0.3, -0.25) is 0 Å². The van der Waals surface area contributed by atoms with Crippen LogP contribution in [0, 0.1) is 7.14 Å². The monoisotopic (exact) mass is 553 g/mol. The Hall–Kier alpha value is -1.07. The van der Waals surface area contributed by atoms with Crippen molar-refractivity contribution in [3.05, 3.63) is 48.6 Å². The molecule has 24 heavy (non-hydrogen) atoms. The lowest BCUT2D eigenvalue weighted by Crippen LogP contribution is -2.69. The number of phenolic OH excluding ortho intramolecular Hbond substituents is 1. The molecule has 0 bridgehead atoms. The van der Waals surface area contributed by atoms with E-state index in [9.17, 15) is 15.0 Å². The zero-order valence-electron chi connectivity index (χ0n) is 13.0. The Morgan fingerprint density at radius 3 is 2.46 bits per heavy atom. The van der Waals surface area contributed by atoms with Crippen LogP contribution in [0.3, 0.4) is 0 Å². The molecule has 0 aliphatic rings. The second-order valence-electron chi connectivity index (χ2n) is 5.35. The smallest absolute Gasteiger partial charge is 0.154 e. The molecule has 0 radical (unpaired) electrons. The molecule has 2 aromatic carbocycles. The van der Waals surface area contributed by atoms with E-state index in [1.807, 2.05) is 25.1 Å². The van der Waals surface area contributed by atoms with Crippen LogP contribution in [0.5, 0.6) is 17.2 Å². The number of carbonyl (C=O) groups is 1. The minimum Gasteiger partial charge on any atom is -0.544 e. The fraction of sp³-hybridized carbons (Fsp3) is 0.235. The highest BCUT2D eigenvalue weighted by molar-refractivity contribution is 14.1. The average Bonchev–Trinajstić information content (AvgIpc) is 2.52. The molecule has 128 valence electrons. The number of quaternary nitrogens is 1. The molecule has 0 amide bonds. The first-order chi connectivity index (χ1) is 11.3. The molecule has 0 fully saturated rings. The number of hydrogen-bond acceptors (Lipinski definition) is 4. The van der Waals surface area contributed by atoms with E-state index >= 15 is 0 Å². The SMILES string of the molecule is CCc1cc(Oc2c(I)cc(CC([NH3+])C(=O)[O-])cc2I)ccc1O. The molecule has 1 unspecified atom stereocenters. The molecule has 0 spiro atoms. The summed E-state index contributed by atoms with van der Waals surface area (Å²) in [5, 5.41) is 20.6. The normalized spacial score (nSPS) is 12.0. The van der Waals surface area contributed by atoms with Crippen LogP contribution in [-0.2, 0) is 17.6 Å². The fourth-order valence-electron chi connectivity index (χ4n) is 2.22. The van der Waals surface area contributed by atoms with Crippen molar-refractivity contribution in [3.63, 3.8) is 0 Å². The van der Waals surface area contributed by atoms with Gasteiger partial charge in [-0.05, 0) is 93.1 Å². The van der Waals surface area contributed by atoms with Crippen LogP contribution in [0.25, 0.3) is 0 Å². The van der Waals surface area contributed by atoms with Gasteiger partial charge in [-0.2, -0.15) is 0 Å². The predicted molar refractivity (Wildman–Crippen MR) is 105 cm³/mol. The number of aromatic hydroxyl groups is 1. The highest BCUT2D eigenvalue weighted by Crippen LogP contribution is 2.34. The maximum absolute atomic E-state index is 10.8. The fourth-order valence-corrected chi connectivity index (χ4v) is 4.34. The summed E-state index contributed by atoms with van der Waals surface area (Å²) in [6.45, 7) is 1.97. The number of aliphatic carboxylic acids is 1. The number of aryl methyl sites for hydroxylation is 1. The summed E-state index contributed by atoms with van der Waals surface area (Å²) in [5.74, 6) is 0.463. The topological polar surface area (TPSA) is 97.2 Å². The van der Waals surface area contributed by atoms with E-state index in [1.165, 1.54) is 0 Å². The van der Waals surface area contributed by atoms with E-state index < -0.39 is 12.0 Å². The van der Waals surface area contributed by atoms with Gasteiger partial charge >= 0.3 is 0 Å². The number of ether oxygens (including phenoxy) is 1. The predicted octanol–water partition coefficient (Wildman–Crippen LogP) is 1.86.